The van der Waals surface area contributed by atoms with Gasteiger partial charge in [0.2, 0.25) is 0 Å². The van der Waals surface area contributed by atoms with Gasteiger partial charge >= 0.3 is 7.32 Å². The Labute approximate surface area is 111 Å². The van der Waals surface area contributed by atoms with E-state index >= 15 is 0 Å². The van der Waals surface area contributed by atoms with E-state index in [1.165, 1.54) is 25.7 Å². The molecule has 0 heterocycles. The fourth-order valence-corrected chi connectivity index (χ4v) is 3.46. The second-order valence-electron chi connectivity index (χ2n) is 6.75. The lowest BCUT2D eigenvalue weighted by atomic mass is 9.90. The van der Waals surface area contributed by atoms with E-state index in [4.69, 9.17) is 9.31 Å². The van der Waals surface area contributed by atoms with Crippen molar-refractivity contribution in [3.05, 3.63) is 0 Å². The standard InChI is InChI=1S/C14H27BO3/c1-11-7-5-9-13(11,3)17-15(16)18-14(4)10-6-8-12(14)2/h11-12,16H,5-10H2,1-4H3. The van der Waals surface area contributed by atoms with Crippen molar-refractivity contribution in [2.24, 2.45) is 11.8 Å². The third-order valence-corrected chi connectivity index (χ3v) is 5.45. The lowest BCUT2D eigenvalue weighted by molar-refractivity contribution is -0.0537. The predicted octanol–water partition coefficient (Wildman–Crippen LogP) is 3.15. The largest absolute Gasteiger partial charge is 0.637 e. The van der Waals surface area contributed by atoms with Crippen LogP contribution in [0.5, 0.6) is 0 Å². The zero-order valence-corrected chi connectivity index (χ0v) is 12.2. The van der Waals surface area contributed by atoms with E-state index in [9.17, 15) is 5.02 Å². The van der Waals surface area contributed by atoms with Gasteiger partial charge in [-0.15, -0.1) is 0 Å². The van der Waals surface area contributed by atoms with Gasteiger partial charge in [-0.25, -0.2) is 0 Å². The minimum Gasteiger partial charge on any atom is -0.402 e. The van der Waals surface area contributed by atoms with E-state index in [-0.39, 0.29) is 11.2 Å². The summed E-state index contributed by atoms with van der Waals surface area (Å²) in [5.41, 5.74) is -0.449. The first kappa shape index (κ1) is 14.4. The number of hydrogen-bond acceptors (Lipinski definition) is 3. The Bertz CT molecular complexity index is 271. The van der Waals surface area contributed by atoms with Crippen molar-refractivity contribution in [1.82, 2.24) is 0 Å². The molecule has 2 rings (SSSR count). The molecule has 4 unspecified atom stereocenters. The van der Waals surface area contributed by atoms with Crippen LogP contribution in [0.1, 0.15) is 66.2 Å². The van der Waals surface area contributed by atoms with Crippen LogP contribution < -0.4 is 0 Å². The Morgan fingerprint density at radius 1 is 0.944 bits per heavy atom. The predicted molar refractivity (Wildman–Crippen MR) is 73.0 cm³/mol. The molecule has 1 N–H and O–H groups in total. The highest BCUT2D eigenvalue weighted by molar-refractivity contribution is 6.34. The lowest BCUT2D eigenvalue weighted by Gasteiger charge is -2.35. The third-order valence-electron chi connectivity index (χ3n) is 5.45. The molecule has 0 aromatic carbocycles. The van der Waals surface area contributed by atoms with E-state index in [1.54, 1.807) is 0 Å². The summed E-state index contributed by atoms with van der Waals surface area (Å²) < 4.78 is 11.6. The Kier molecular flexibility index (Phi) is 4.10. The molecule has 0 radical (unpaired) electrons. The summed E-state index contributed by atoms with van der Waals surface area (Å²) in [6, 6.07) is 0. The van der Waals surface area contributed by atoms with Crippen molar-refractivity contribution < 1.29 is 14.3 Å². The van der Waals surface area contributed by atoms with Gasteiger partial charge in [0.1, 0.15) is 0 Å². The second-order valence-corrected chi connectivity index (χ2v) is 6.75. The molecule has 18 heavy (non-hydrogen) atoms. The van der Waals surface area contributed by atoms with Crippen molar-refractivity contribution in [2.45, 2.75) is 77.4 Å². The van der Waals surface area contributed by atoms with E-state index < -0.39 is 7.32 Å². The minimum atomic E-state index is -1.08. The SMILES string of the molecule is CC1CCCC1(C)OB(O)OC1(C)CCCC1C. The Balaban J connectivity index is 1.90. The van der Waals surface area contributed by atoms with Gasteiger partial charge in [-0.05, 0) is 51.4 Å². The molecule has 0 aromatic heterocycles. The summed E-state index contributed by atoms with van der Waals surface area (Å²) in [6.45, 7) is 8.58. The van der Waals surface area contributed by atoms with Gasteiger partial charge < -0.3 is 14.3 Å². The molecule has 0 aromatic rings. The Morgan fingerprint density at radius 3 is 1.61 bits per heavy atom. The maximum atomic E-state index is 10.1. The van der Waals surface area contributed by atoms with Gasteiger partial charge in [-0.2, -0.15) is 0 Å². The molecule has 2 saturated carbocycles. The van der Waals surface area contributed by atoms with Gasteiger partial charge in [0, 0.05) is 0 Å². The van der Waals surface area contributed by atoms with Gasteiger partial charge in [0.05, 0.1) is 11.2 Å². The normalized spacial score (nSPS) is 44.5. The quantitative estimate of drug-likeness (QED) is 0.783. The third kappa shape index (κ3) is 2.76. The van der Waals surface area contributed by atoms with Gasteiger partial charge in [-0.3, -0.25) is 0 Å². The summed E-state index contributed by atoms with van der Waals surface area (Å²) >= 11 is 0. The molecule has 4 heteroatoms. The average molecular weight is 254 g/mol. The maximum absolute atomic E-state index is 10.1. The van der Waals surface area contributed by atoms with Crippen molar-refractivity contribution >= 4 is 7.32 Å². The smallest absolute Gasteiger partial charge is 0.402 e. The van der Waals surface area contributed by atoms with Crippen LogP contribution in [-0.2, 0) is 9.31 Å². The summed E-state index contributed by atoms with van der Waals surface area (Å²) in [6.07, 6.45) is 6.74. The molecule has 104 valence electrons. The first-order valence-electron chi connectivity index (χ1n) is 7.39. The van der Waals surface area contributed by atoms with Gasteiger partial charge in [0.25, 0.3) is 0 Å². The molecule has 0 spiro atoms. The number of hydrogen-bond donors (Lipinski definition) is 1. The zero-order chi connectivity index (χ0) is 13.4. The van der Waals surface area contributed by atoms with Crippen molar-refractivity contribution in [3.8, 4) is 0 Å². The summed E-state index contributed by atoms with van der Waals surface area (Å²) in [5.74, 6) is 0.981. The van der Waals surface area contributed by atoms with Crippen LogP contribution in [0.15, 0.2) is 0 Å². The topological polar surface area (TPSA) is 38.7 Å². The highest BCUT2D eigenvalue weighted by Gasteiger charge is 2.45. The molecule has 2 fully saturated rings. The fourth-order valence-electron chi connectivity index (χ4n) is 3.46. The van der Waals surface area contributed by atoms with E-state index in [1.807, 2.05) is 0 Å². The van der Waals surface area contributed by atoms with Crippen LogP contribution in [0.3, 0.4) is 0 Å². The minimum absolute atomic E-state index is 0.225. The van der Waals surface area contributed by atoms with E-state index in [2.05, 4.69) is 27.7 Å². The number of rotatable bonds is 4. The first-order valence-corrected chi connectivity index (χ1v) is 7.39. The van der Waals surface area contributed by atoms with E-state index in [0.717, 1.165) is 12.8 Å². The molecule has 3 nitrogen and oxygen atoms in total. The van der Waals surface area contributed by atoms with Crippen molar-refractivity contribution in [3.63, 3.8) is 0 Å². The lowest BCUT2D eigenvalue weighted by Crippen LogP contribution is -2.45. The molecule has 4 atom stereocenters. The Hall–Kier alpha value is -0.0551. The van der Waals surface area contributed by atoms with Gasteiger partial charge in [0.15, 0.2) is 0 Å². The summed E-state index contributed by atoms with van der Waals surface area (Å²) in [4.78, 5) is 0. The van der Waals surface area contributed by atoms with E-state index in [0.29, 0.717) is 11.8 Å². The Morgan fingerprint density at radius 2 is 1.33 bits per heavy atom. The first-order chi connectivity index (χ1) is 8.36. The van der Waals surface area contributed by atoms with Crippen LogP contribution in [0, 0.1) is 11.8 Å². The maximum Gasteiger partial charge on any atom is 0.637 e. The molecular formula is C14H27BO3. The molecule has 0 aliphatic heterocycles. The van der Waals surface area contributed by atoms with Crippen LogP contribution >= 0.6 is 0 Å². The van der Waals surface area contributed by atoms with Crippen molar-refractivity contribution in [2.75, 3.05) is 0 Å². The van der Waals surface area contributed by atoms with Crippen LogP contribution in [0.2, 0.25) is 0 Å². The molecule has 0 saturated heterocycles. The summed E-state index contributed by atoms with van der Waals surface area (Å²) in [5, 5.41) is 10.1. The van der Waals surface area contributed by atoms with Crippen LogP contribution in [0.25, 0.3) is 0 Å². The average Bonchev–Trinajstić information content (AvgIpc) is 2.73. The van der Waals surface area contributed by atoms with Crippen molar-refractivity contribution in [1.29, 1.82) is 0 Å². The van der Waals surface area contributed by atoms with Crippen LogP contribution in [0.4, 0.5) is 0 Å². The zero-order valence-electron chi connectivity index (χ0n) is 12.2. The fraction of sp³-hybridized carbons (Fsp3) is 1.00. The highest BCUT2D eigenvalue weighted by Crippen LogP contribution is 2.41. The molecule has 2 aliphatic carbocycles. The molecule has 0 amide bonds. The second kappa shape index (κ2) is 5.14. The monoisotopic (exact) mass is 254 g/mol. The van der Waals surface area contributed by atoms with Gasteiger partial charge in [-0.1, -0.05) is 26.7 Å². The molecule has 0 bridgehead atoms. The summed E-state index contributed by atoms with van der Waals surface area (Å²) in [7, 11) is -1.08. The molecular weight excluding hydrogens is 227 g/mol. The van der Waals surface area contributed by atoms with Crippen LogP contribution in [-0.4, -0.2) is 23.5 Å². The molecule has 2 aliphatic rings. The highest BCUT2D eigenvalue weighted by atomic mass is 16.7.